The highest BCUT2D eigenvalue weighted by Crippen LogP contribution is 2.41. The monoisotopic (exact) mass is 447 g/mol. The van der Waals surface area contributed by atoms with Crippen LogP contribution in [0.3, 0.4) is 0 Å². The van der Waals surface area contributed by atoms with E-state index in [1.165, 1.54) is 11.2 Å². The van der Waals surface area contributed by atoms with Crippen LogP contribution < -0.4 is 9.47 Å². The van der Waals surface area contributed by atoms with E-state index < -0.39 is 17.7 Å². The minimum atomic E-state index is -0.889. The topological polar surface area (TPSA) is 89.2 Å². The number of carbonyl (C=O) groups is 2. The Morgan fingerprint density at radius 3 is 2.58 bits per heavy atom. The van der Waals surface area contributed by atoms with Gasteiger partial charge in [0.15, 0.2) is 0 Å². The van der Waals surface area contributed by atoms with Crippen LogP contribution in [0.4, 0.5) is 0 Å². The normalized spacial score (nSPS) is 17.6. The Morgan fingerprint density at radius 2 is 1.88 bits per heavy atom. The molecular weight excluding hydrogens is 422 g/mol. The number of amides is 1. The average molecular weight is 447 g/mol. The van der Waals surface area contributed by atoms with E-state index in [2.05, 4.69) is 0 Å². The molecule has 2 heterocycles. The molecule has 0 radical (unpaired) electrons. The lowest BCUT2D eigenvalue weighted by atomic mass is 9.99. The van der Waals surface area contributed by atoms with Crippen LogP contribution in [0.1, 0.15) is 36.8 Å². The summed E-state index contributed by atoms with van der Waals surface area (Å²) in [6, 6.07) is 16.5. The van der Waals surface area contributed by atoms with E-state index in [9.17, 15) is 14.7 Å². The van der Waals surface area contributed by atoms with E-state index in [4.69, 9.17) is 13.9 Å². The molecule has 1 N–H and O–H groups in total. The van der Waals surface area contributed by atoms with Gasteiger partial charge in [-0.15, -0.1) is 0 Å². The van der Waals surface area contributed by atoms with Crippen LogP contribution in [-0.2, 0) is 16.1 Å². The van der Waals surface area contributed by atoms with Crippen molar-refractivity contribution in [1.29, 1.82) is 0 Å². The summed E-state index contributed by atoms with van der Waals surface area (Å²) in [4.78, 5) is 27.6. The lowest BCUT2D eigenvalue weighted by Gasteiger charge is -2.24. The number of aliphatic hydroxyl groups excluding tert-OH is 1. The molecule has 1 amide bonds. The zero-order valence-electron chi connectivity index (χ0n) is 18.6. The molecule has 1 unspecified atom stereocenters. The Hall–Kier alpha value is -4.00. The molecule has 7 heteroatoms. The van der Waals surface area contributed by atoms with Crippen molar-refractivity contribution in [3.8, 4) is 11.5 Å². The van der Waals surface area contributed by atoms with E-state index in [0.29, 0.717) is 22.8 Å². The van der Waals surface area contributed by atoms with E-state index in [-0.39, 0.29) is 24.0 Å². The Balaban J connectivity index is 1.81. The Kier molecular flexibility index (Phi) is 6.22. The van der Waals surface area contributed by atoms with Gasteiger partial charge in [0.2, 0.25) is 0 Å². The first-order valence-electron chi connectivity index (χ1n) is 10.6. The molecule has 1 aliphatic heterocycles. The largest absolute Gasteiger partial charge is 0.507 e. The Bertz CT molecular complexity index is 1200. The molecule has 1 aliphatic rings. The van der Waals surface area contributed by atoms with Crippen molar-refractivity contribution in [2.45, 2.75) is 32.5 Å². The third-order valence-corrected chi connectivity index (χ3v) is 5.37. The predicted molar refractivity (Wildman–Crippen MR) is 122 cm³/mol. The summed E-state index contributed by atoms with van der Waals surface area (Å²) >= 11 is 0. The first-order chi connectivity index (χ1) is 15.9. The molecule has 7 nitrogen and oxygen atoms in total. The molecule has 0 aliphatic carbocycles. The van der Waals surface area contributed by atoms with Crippen LogP contribution in [0.2, 0.25) is 0 Å². The lowest BCUT2D eigenvalue weighted by Crippen LogP contribution is -2.29. The number of furan rings is 1. The van der Waals surface area contributed by atoms with Crippen molar-refractivity contribution < 1.29 is 28.6 Å². The third kappa shape index (κ3) is 4.35. The molecule has 1 atom stereocenters. The van der Waals surface area contributed by atoms with Gasteiger partial charge in [-0.05, 0) is 44.2 Å². The highest BCUT2D eigenvalue weighted by molar-refractivity contribution is 6.46. The van der Waals surface area contributed by atoms with Crippen LogP contribution in [0.25, 0.3) is 5.76 Å². The van der Waals surface area contributed by atoms with Crippen LogP contribution in [0, 0.1) is 0 Å². The molecule has 3 aromatic rings. The summed E-state index contributed by atoms with van der Waals surface area (Å²) < 4.78 is 16.7. The smallest absolute Gasteiger partial charge is 0.296 e. The highest BCUT2D eigenvalue weighted by atomic mass is 16.5. The summed E-state index contributed by atoms with van der Waals surface area (Å²) in [6.45, 7) is 3.90. The van der Waals surface area contributed by atoms with E-state index in [0.717, 1.165) is 5.56 Å². The molecule has 1 fully saturated rings. The first-order valence-corrected chi connectivity index (χ1v) is 10.6. The summed E-state index contributed by atoms with van der Waals surface area (Å²) in [7, 11) is 1.54. The number of para-hydroxylation sites is 1. The van der Waals surface area contributed by atoms with Crippen molar-refractivity contribution >= 4 is 17.4 Å². The Labute approximate surface area is 191 Å². The summed E-state index contributed by atoms with van der Waals surface area (Å²) in [5.41, 5.74) is 1.07. The quantitative estimate of drug-likeness (QED) is 0.321. The van der Waals surface area contributed by atoms with Gasteiger partial charge in [0.05, 0.1) is 31.6 Å². The number of rotatable bonds is 7. The maximum Gasteiger partial charge on any atom is 0.296 e. The fourth-order valence-electron chi connectivity index (χ4n) is 3.95. The van der Waals surface area contributed by atoms with Gasteiger partial charge >= 0.3 is 0 Å². The highest BCUT2D eigenvalue weighted by Gasteiger charge is 2.47. The molecule has 1 aromatic heterocycles. The number of carbonyl (C=O) groups excluding carboxylic acids is 2. The second kappa shape index (κ2) is 9.24. The van der Waals surface area contributed by atoms with Crippen molar-refractivity contribution in [2.75, 3.05) is 7.11 Å². The fourth-order valence-corrected chi connectivity index (χ4v) is 3.95. The third-order valence-electron chi connectivity index (χ3n) is 5.37. The number of methoxy groups -OCH3 is 1. The lowest BCUT2D eigenvalue weighted by molar-refractivity contribution is -0.140. The summed E-state index contributed by atoms with van der Waals surface area (Å²) in [5.74, 6) is -0.271. The number of ether oxygens (including phenoxy) is 2. The van der Waals surface area contributed by atoms with Gasteiger partial charge in [-0.25, -0.2) is 0 Å². The van der Waals surface area contributed by atoms with Gasteiger partial charge in [0.1, 0.15) is 29.1 Å². The second-order valence-corrected chi connectivity index (χ2v) is 7.95. The average Bonchev–Trinajstić information content (AvgIpc) is 3.41. The zero-order valence-corrected chi connectivity index (χ0v) is 18.6. The number of likely N-dealkylation sites (tertiary alicyclic amines) is 1. The van der Waals surface area contributed by atoms with E-state index >= 15 is 0 Å². The fraction of sp³-hybridized carbons (Fsp3) is 0.231. The molecule has 0 saturated carbocycles. The van der Waals surface area contributed by atoms with Gasteiger partial charge < -0.3 is 23.9 Å². The SMILES string of the molecule is COc1ccccc1CN1C(=O)C(=O)/C(=C(\O)c2cccc(OC(C)C)c2)C1c1ccco1. The van der Waals surface area contributed by atoms with Gasteiger partial charge in [0, 0.05) is 11.1 Å². The van der Waals surface area contributed by atoms with Gasteiger partial charge in [-0.2, -0.15) is 0 Å². The molecule has 0 bridgehead atoms. The molecule has 1 saturated heterocycles. The van der Waals surface area contributed by atoms with Crippen molar-refractivity contribution in [3.63, 3.8) is 0 Å². The number of ketones is 1. The van der Waals surface area contributed by atoms with Crippen LogP contribution in [0.5, 0.6) is 11.5 Å². The first kappa shape index (κ1) is 22.2. The maximum absolute atomic E-state index is 13.1. The summed E-state index contributed by atoms with van der Waals surface area (Å²) in [6.07, 6.45) is 1.41. The standard InChI is InChI=1S/C26H25NO6/c1-16(2)33-19-10-6-9-17(14-19)24(28)22-23(21-12-7-13-32-21)27(26(30)25(22)29)15-18-8-4-5-11-20(18)31-3/h4-14,16,23,28H,15H2,1-3H3/b24-22-. The second-order valence-electron chi connectivity index (χ2n) is 7.95. The zero-order chi connectivity index (χ0) is 23.5. The number of aliphatic hydroxyl groups is 1. The molecule has 33 heavy (non-hydrogen) atoms. The van der Waals surface area contributed by atoms with Crippen molar-refractivity contribution in [2.24, 2.45) is 0 Å². The number of hydrogen-bond acceptors (Lipinski definition) is 6. The van der Waals surface area contributed by atoms with Gasteiger partial charge in [-0.3, -0.25) is 9.59 Å². The molecule has 2 aromatic carbocycles. The van der Waals surface area contributed by atoms with Crippen molar-refractivity contribution in [1.82, 2.24) is 4.90 Å². The van der Waals surface area contributed by atoms with Crippen LogP contribution in [-0.4, -0.2) is 34.9 Å². The maximum atomic E-state index is 13.1. The molecule has 170 valence electrons. The molecular formula is C26H25NO6. The molecule has 4 rings (SSSR count). The number of hydrogen-bond donors (Lipinski definition) is 1. The Morgan fingerprint density at radius 1 is 1.09 bits per heavy atom. The van der Waals surface area contributed by atoms with Gasteiger partial charge in [-0.1, -0.05) is 30.3 Å². The predicted octanol–water partition coefficient (Wildman–Crippen LogP) is 4.70. The van der Waals surface area contributed by atoms with Crippen LogP contribution >= 0.6 is 0 Å². The van der Waals surface area contributed by atoms with Gasteiger partial charge in [0.25, 0.3) is 11.7 Å². The number of Topliss-reactive ketones (excluding diaryl/α,β-unsaturated/α-hetero) is 1. The summed E-state index contributed by atoms with van der Waals surface area (Å²) in [5, 5.41) is 11.2. The van der Waals surface area contributed by atoms with E-state index in [1.807, 2.05) is 32.0 Å². The minimum absolute atomic E-state index is 0.0356. The van der Waals surface area contributed by atoms with E-state index in [1.54, 1.807) is 49.6 Å². The minimum Gasteiger partial charge on any atom is -0.507 e. The molecule has 0 spiro atoms. The number of nitrogens with zero attached hydrogens (tertiary/aromatic N) is 1. The number of benzene rings is 2. The van der Waals surface area contributed by atoms with Crippen LogP contribution in [0.15, 0.2) is 76.9 Å². The van der Waals surface area contributed by atoms with Crippen molar-refractivity contribution in [3.05, 3.63) is 89.4 Å².